The van der Waals surface area contributed by atoms with E-state index in [4.69, 9.17) is 9.47 Å². The molecule has 3 N–H and O–H groups in total. The third kappa shape index (κ3) is 5.61. The van der Waals surface area contributed by atoms with Crippen LogP contribution in [0.5, 0.6) is 11.5 Å². The van der Waals surface area contributed by atoms with Crippen LogP contribution in [0.4, 0.5) is 0 Å². The lowest BCUT2D eigenvalue weighted by Gasteiger charge is -2.10. The molecular formula is C28H24N4O4. The summed E-state index contributed by atoms with van der Waals surface area (Å²) in [5.41, 5.74) is 3.50. The summed E-state index contributed by atoms with van der Waals surface area (Å²) in [6, 6.07) is 22.5. The minimum absolute atomic E-state index is 0.112. The number of para-hydroxylation sites is 2. The van der Waals surface area contributed by atoms with Gasteiger partial charge in [0.15, 0.2) is 11.5 Å². The monoisotopic (exact) mass is 480 g/mol. The Morgan fingerprint density at radius 3 is 2.61 bits per heavy atom. The van der Waals surface area contributed by atoms with Gasteiger partial charge in [-0.2, -0.15) is 0 Å². The molecule has 0 saturated heterocycles. The average molecular weight is 481 g/mol. The van der Waals surface area contributed by atoms with E-state index in [9.17, 15) is 9.59 Å². The number of carbonyl (C=O) groups excluding carboxylic acids is 2. The highest BCUT2D eigenvalue weighted by Gasteiger charge is 2.16. The van der Waals surface area contributed by atoms with Crippen molar-refractivity contribution in [3.63, 3.8) is 0 Å². The van der Waals surface area contributed by atoms with Gasteiger partial charge in [-0.05, 0) is 47.5 Å². The van der Waals surface area contributed by atoms with E-state index in [0.29, 0.717) is 30.0 Å². The molecule has 2 heterocycles. The molecule has 0 radical (unpaired) electrons. The molecule has 4 aromatic rings. The number of aromatic nitrogens is 2. The highest BCUT2D eigenvalue weighted by molar-refractivity contribution is 6.04. The minimum Gasteiger partial charge on any atom is -0.454 e. The van der Waals surface area contributed by atoms with Crippen molar-refractivity contribution in [2.45, 2.75) is 6.42 Å². The molecule has 2 amide bonds. The lowest BCUT2D eigenvalue weighted by atomic mass is 10.1. The summed E-state index contributed by atoms with van der Waals surface area (Å²) in [5.74, 6) is 1.17. The zero-order chi connectivity index (χ0) is 24.7. The summed E-state index contributed by atoms with van der Waals surface area (Å²) in [5, 5.41) is 5.57. The van der Waals surface area contributed by atoms with Gasteiger partial charge >= 0.3 is 0 Å². The molecule has 0 fully saturated rings. The number of H-pyrrole nitrogens is 1. The summed E-state index contributed by atoms with van der Waals surface area (Å²) >= 11 is 0. The van der Waals surface area contributed by atoms with Gasteiger partial charge in [0, 0.05) is 19.0 Å². The molecule has 5 rings (SSSR count). The van der Waals surface area contributed by atoms with Crippen molar-refractivity contribution in [1.82, 2.24) is 20.6 Å². The number of carbonyl (C=O) groups is 2. The lowest BCUT2D eigenvalue weighted by molar-refractivity contribution is -0.121. The third-order valence-corrected chi connectivity index (χ3v) is 5.52. The molecule has 36 heavy (non-hydrogen) atoms. The molecule has 8 nitrogen and oxygen atoms in total. The van der Waals surface area contributed by atoms with Crippen LogP contribution in [-0.2, 0) is 16.0 Å². The van der Waals surface area contributed by atoms with Crippen LogP contribution in [0.1, 0.15) is 17.0 Å². The Bertz CT molecular complexity index is 1420. The first-order chi connectivity index (χ1) is 17.6. The molecule has 3 aromatic carbocycles. The maximum Gasteiger partial charge on any atom is 0.267 e. The zero-order valence-electron chi connectivity index (χ0n) is 19.4. The topological polar surface area (TPSA) is 105 Å². The van der Waals surface area contributed by atoms with E-state index in [-0.39, 0.29) is 12.5 Å². The average Bonchev–Trinajstić information content (AvgIpc) is 3.54. The number of hydrogen-bond acceptors (Lipinski definition) is 5. The first-order valence-electron chi connectivity index (χ1n) is 11.5. The second-order valence-electron chi connectivity index (χ2n) is 8.11. The predicted molar refractivity (Wildman–Crippen MR) is 137 cm³/mol. The highest BCUT2D eigenvalue weighted by atomic mass is 16.7. The molecule has 1 aliphatic rings. The summed E-state index contributed by atoms with van der Waals surface area (Å²) in [6.07, 6.45) is 5.20. The Labute approximate surface area is 207 Å². The Morgan fingerprint density at radius 2 is 1.75 bits per heavy atom. The van der Waals surface area contributed by atoms with Crippen LogP contribution < -0.4 is 20.1 Å². The number of nitrogens with zero attached hydrogens (tertiary/aromatic N) is 1. The maximum atomic E-state index is 13.0. The summed E-state index contributed by atoms with van der Waals surface area (Å²) in [4.78, 5) is 33.4. The Balaban J connectivity index is 1.29. The number of benzene rings is 3. The van der Waals surface area contributed by atoms with Crippen molar-refractivity contribution >= 4 is 35.0 Å². The number of rotatable bonds is 8. The molecular weight excluding hydrogens is 456 g/mol. The lowest BCUT2D eigenvalue weighted by Crippen LogP contribution is -2.35. The number of hydrogen-bond donors (Lipinski definition) is 3. The van der Waals surface area contributed by atoms with E-state index < -0.39 is 11.8 Å². The first kappa shape index (κ1) is 22.9. The fourth-order valence-electron chi connectivity index (χ4n) is 3.75. The van der Waals surface area contributed by atoms with Gasteiger partial charge in [0.2, 0.25) is 12.7 Å². The zero-order valence-corrected chi connectivity index (χ0v) is 19.4. The predicted octanol–water partition coefficient (Wildman–Crippen LogP) is 3.82. The van der Waals surface area contributed by atoms with Crippen LogP contribution in [-0.4, -0.2) is 35.1 Å². The molecule has 1 aromatic heterocycles. The Hall–Kier alpha value is -4.85. The van der Waals surface area contributed by atoms with Gasteiger partial charge in [0.25, 0.3) is 5.91 Å². The van der Waals surface area contributed by atoms with Gasteiger partial charge < -0.3 is 25.1 Å². The maximum absolute atomic E-state index is 13.0. The molecule has 0 atom stereocenters. The van der Waals surface area contributed by atoms with E-state index in [2.05, 4.69) is 20.6 Å². The number of fused-ring (bicyclic) bond motifs is 2. The quantitative estimate of drug-likeness (QED) is 0.333. The number of nitrogens with one attached hydrogen (secondary N) is 3. The SMILES string of the molecule is O=C(/C=C/c1ccccc1)N/C(=C\c1ccc2c(c1)OCO2)C(=O)NCCc1nc2ccccc2[nH]1. The molecule has 0 saturated carbocycles. The second kappa shape index (κ2) is 10.6. The van der Waals surface area contributed by atoms with E-state index >= 15 is 0 Å². The molecule has 180 valence electrons. The van der Waals surface area contributed by atoms with Crippen molar-refractivity contribution in [2.75, 3.05) is 13.3 Å². The largest absolute Gasteiger partial charge is 0.454 e. The van der Waals surface area contributed by atoms with Gasteiger partial charge in [-0.3, -0.25) is 9.59 Å². The molecule has 0 bridgehead atoms. The minimum atomic E-state index is -0.418. The molecule has 0 unspecified atom stereocenters. The third-order valence-electron chi connectivity index (χ3n) is 5.52. The van der Waals surface area contributed by atoms with E-state index in [1.165, 1.54) is 6.08 Å². The number of ether oxygens (including phenoxy) is 2. The summed E-state index contributed by atoms with van der Waals surface area (Å²) < 4.78 is 10.8. The Morgan fingerprint density at radius 1 is 0.944 bits per heavy atom. The van der Waals surface area contributed by atoms with Crippen LogP contribution >= 0.6 is 0 Å². The fraction of sp³-hybridized carbons (Fsp3) is 0.107. The van der Waals surface area contributed by atoms with Crippen molar-refractivity contribution in [3.05, 3.63) is 102 Å². The fourth-order valence-corrected chi connectivity index (χ4v) is 3.75. The van der Waals surface area contributed by atoms with Crippen molar-refractivity contribution in [2.24, 2.45) is 0 Å². The van der Waals surface area contributed by atoms with E-state index in [0.717, 1.165) is 22.4 Å². The van der Waals surface area contributed by atoms with Gasteiger partial charge in [-0.25, -0.2) is 4.98 Å². The van der Waals surface area contributed by atoms with Crippen LogP contribution in [0.2, 0.25) is 0 Å². The number of amides is 2. The van der Waals surface area contributed by atoms with Gasteiger partial charge in [0.05, 0.1) is 11.0 Å². The van der Waals surface area contributed by atoms with Gasteiger partial charge in [-0.15, -0.1) is 0 Å². The summed E-state index contributed by atoms with van der Waals surface area (Å²) in [6.45, 7) is 0.492. The van der Waals surface area contributed by atoms with Crippen LogP contribution in [0.3, 0.4) is 0 Å². The highest BCUT2D eigenvalue weighted by Crippen LogP contribution is 2.33. The van der Waals surface area contributed by atoms with Crippen LogP contribution in [0, 0.1) is 0 Å². The van der Waals surface area contributed by atoms with Gasteiger partial charge in [0.1, 0.15) is 11.5 Å². The van der Waals surface area contributed by atoms with Crippen LogP contribution in [0.15, 0.2) is 84.6 Å². The van der Waals surface area contributed by atoms with E-state index in [1.807, 2.05) is 54.6 Å². The smallest absolute Gasteiger partial charge is 0.267 e. The normalized spacial score (nSPS) is 12.7. The van der Waals surface area contributed by atoms with E-state index in [1.54, 1.807) is 30.4 Å². The number of imidazole rings is 1. The van der Waals surface area contributed by atoms with Crippen molar-refractivity contribution in [1.29, 1.82) is 0 Å². The van der Waals surface area contributed by atoms with Gasteiger partial charge in [-0.1, -0.05) is 48.5 Å². The van der Waals surface area contributed by atoms with Crippen LogP contribution in [0.25, 0.3) is 23.2 Å². The van der Waals surface area contributed by atoms with Crippen molar-refractivity contribution in [3.8, 4) is 11.5 Å². The first-order valence-corrected chi connectivity index (χ1v) is 11.5. The molecule has 1 aliphatic heterocycles. The van der Waals surface area contributed by atoms with Crippen molar-refractivity contribution < 1.29 is 19.1 Å². The molecule has 8 heteroatoms. The second-order valence-corrected chi connectivity index (χ2v) is 8.11. The Kier molecular flexibility index (Phi) is 6.75. The standard InChI is InChI=1S/C28H24N4O4/c33-27(13-11-19-6-2-1-3-7-19)32-23(16-20-10-12-24-25(17-20)36-18-35-24)28(34)29-15-14-26-30-21-8-4-5-9-22(21)31-26/h1-13,16-17H,14-15,18H2,(H,29,34)(H,30,31)(H,32,33)/b13-11+,23-16-. The molecule has 0 spiro atoms. The summed E-state index contributed by atoms with van der Waals surface area (Å²) in [7, 11) is 0. The number of aromatic amines is 1. The molecule has 0 aliphatic carbocycles.